The fourth-order valence-corrected chi connectivity index (χ4v) is 5.47. The van der Waals surface area contributed by atoms with Crippen molar-refractivity contribution in [3.05, 3.63) is 137 Å². The summed E-state index contributed by atoms with van der Waals surface area (Å²) in [6.07, 6.45) is 0.994. The van der Waals surface area contributed by atoms with Gasteiger partial charge >= 0.3 is 18.0 Å². The van der Waals surface area contributed by atoms with Crippen LogP contribution in [0, 0.1) is 5.82 Å². The van der Waals surface area contributed by atoms with Crippen molar-refractivity contribution in [3.8, 4) is 17.2 Å². The predicted molar refractivity (Wildman–Crippen MR) is 189 cm³/mol. The second-order valence-electron chi connectivity index (χ2n) is 11.9. The van der Waals surface area contributed by atoms with Crippen molar-refractivity contribution in [1.29, 1.82) is 0 Å². The highest BCUT2D eigenvalue weighted by atomic mass is 19.1. The molecule has 0 aliphatic carbocycles. The third-order valence-electron chi connectivity index (χ3n) is 8.14. The quantitative estimate of drug-likeness (QED) is 0.0768. The fraction of sp³-hybridized carbons (Fsp3) is 0.154. The van der Waals surface area contributed by atoms with E-state index in [4.69, 9.17) is 18.6 Å². The molecule has 0 radical (unpaired) electrons. The highest BCUT2D eigenvalue weighted by Gasteiger charge is 2.30. The van der Waals surface area contributed by atoms with Gasteiger partial charge in [0, 0.05) is 36.0 Å². The Balaban J connectivity index is 1.21. The van der Waals surface area contributed by atoms with Crippen LogP contribution in [0.1, 0.15) is 24.0 Å². The van der Waals surface area contributed by atoms with Crippen molar-refractivity contribution < 1.29 is 47.3 Å². The van der Waals surface area contributed by atoms with Crippen molar-refractivity contribution in [1.82, 2.24) is 15.6 Å². The molecule has 270 valence electrons. The first-order chi connectivity index (χ1) is 25.6. The van der Waals surface area contributed by atoms with Gasteiger partial charge in [0.2, 0.25) is 17.1 Å². The highest BCUT2D eigenvalue weighted by molar-refractivity contribution is 5.92. The van der Waals surface area contributed by atoms with Crippen molar-refractivity contribution in [3.63, 3.8) is 0 Å². The van der Waals surface area contributed by atoms with Gasteiger partial charge in [-0.15, -0.1) is 0 Å². The smallest absolute Gasteiger partial charge is 0.408 e. The maximum absolute atomic E-state index is 13.8. The number of hydrogen-bond acceptors (Lipinski definition) is 9. The molecular formula is C39H32FN3O10. The third-order valence-corrected chi connectivity index (χ3v) is 8.14. The standard InChI is InChI=1S/C39H32FN3O10/c40-25-10-12-26(13-11-25)52-34-22-50-33-19-27(14-15-29(33)36(34)46)53-38(48)32(18-24-20-41-30-9-5-4-8-28(24)30)42-37(47)31(16-17-35(44)45)43-39(49)51-21-23-6-2-1-3-7-23/h1-15,19-20,22,31-32,41H,16-18,21H2,(H,42,47)(H,43,49)(H,44,45)/t31-,32-/m1/s1. The molecule has 0 aliphatic rings. The summed E-state index contributed by atoms with van der Waals surface area (Å²) < 4.78 is 35.4. The number of H-pyrrole nitrogens is 1. The minimum absolute atomic E-state index is 0.0129. The fourth-order valence-electron chi connectivity index (χ4n) is 5.47. The van der Waals surface area contributed by atoms with Gasteiger partial charge in [-0.1, -0.05) is 48.5 Å². The summed E-state index contributed by atoms with van der Waals surface area (Å²) in [4.78, 5) is 67.7. The minimum atomic E-state index is -1.38. The Morgan fingerprint density at radius 2 is 1.58 bits per heavy atom. The molecule has 13 nitrogen and oxygen atoms in total. The van der Waals surface area contributed by atoms with E-state index in [1.165, 1.54) is 42.5 Å². The van der Waals surface area contributed by atoms with Gasteiger partial charge in [-0.25, -0.2) is 14.0 Å². The van der Waals surface area contributed by atoms with E-state index in [2.05, 4.69) is 15.6 Å². The first kappa shape index (κ1) is 35.9. The lowest BCUT2D eigenvalue weighted by molar-refractivity contribution is -0.140. The van der Waals surface area contributed by atoms with Crippen molar-refractivity contribution in [2.24, 2.45) is 0 Å². The first-order valence-corrected chi connectivity index (χ1v) is 16.4. The topological polar surface area (TPSA) is 186 Å². The molecule has 0 fully saturated rings. The molecule has 14 heteroatoms. The molecular weight excluding hydrogens is 689 g/mol. The largest absolute Gasteiger partial charge is 0.481 e. The zero-order valence-electron chi connectivity index (χ0n) is 27.9. The number of carboxylic acids is 1. The minimum Gasteiger partial charge on any atom is -0.481 e. The summed E-state index contributed by atoms with van der Waals surface area (Å²) in [6, 6.07) is 22.6. The Morgan fingerprint density at radius 1 is 0.849 bits per heavy atom. The number of esters is 1. The van der Waals surface area contributed by atoms with E-state index in [9.17, 15) is 33.5 Å². The number of halogens is 1. The second-order valence-corrected chi connectivity index (χ2v) is 11.9. The van der Waals surface area contributed by atoms with Crippen LogP contribution in [0.4, 0.5) is 9.18 Å². The average Bonchev–Trinajstić information content (AvgIpc) is 3.57. The maximum Gasteiger partial charge on any atom is 0.408 e. The van der Waals surface area contributed by atoms with Crippen molar-refractivity contribution >= 4 is 45.8 Å². The van der Waals surface area contributed by atoms with E-state index >= 15 is 0 Å². The van der Waals surface area contributed by atoms with Gasteiger partial charge < -0.3 is 39.4 Å². The van der Waals surface area contributed by atoms with E-state index in [0.717, 1.165) is 17.2 Å². The summed E-state index contributed by atoms with van der Waals surface area (Å²) in [5.41, 5.74) is 1.69. The van der Waals surface area contributed by atoms with Crippen molar-refractivity contribution in [2.75, 3.05) is 0 Å². The summed E-state index contributed by atoms with van der Waals surface area (Å²) in [5.74, 6) is -3.35. The van der Waals surface area contributed by atoms with Crippen LogP contribution >= 0.6 is 0 Å². The van der Waals surface area contributed by atoms with Gasteiger partial charge in [0.25, 0.3) is 0 Å². The number of benzene rings is 4. The zero-order valence-corrected chi connectivity index (χ0v) is 27.9. The number of para-hydroxylation sites is 1. The Kier molecular flexibility index (Phi) is 11.1. The predicted octanol–water partition coefficient (Wildman–Crippen LogP) is 6.00. The number of alkyl carbamates (subject to hydrolysis) is 1. The van der Waals surface area contributed by atoms with Gasteiger partial charge in [-0.3, -0.25) is 14.4 Å². The molecule has 53 heavy (non-hydrogen) atoms. The van der Waals surface area contributed by atoms with Crippen LogP contribution < -0.4 is 25.5 Å². The zero-order chi connectivity index (χ0) is 37.3. The second kappa shape index (κ2) is 16.4. The number of carbonyl (C=O) groups is 4. The van der Waals surface area contributed by atoms with Crippen LogP contribution in [0.3, 0.4) is 0 Å². The molecule has 0 unspecified atom stereocenters. The highest BCUT2D eigenvalue weighted by Crippen LogP contribution is 2.25. The van der Waals surface area contributed by atoms with Crippen LogP contribution in [-0.4, -0.2) is 46.1 Å². The van der Waals surface area contributed by atoms with E-state index in [1.807, 2.05) is 24.3 Å². The van der Waals surface area contributed by atoms with Gasteiger partial charge in [0.15, 0.2) is 0 Å². The molecule has 6 aromatic rings. The summed E-state index contributed by atoms with van der Waals surface area (Å²) in [6.45, 7) is -0.0933. The summed E-state index contributed by atoms with van der Waals surface area (Å²) >= 11 is 0. The number of rotatable bonds is 14. The molecule has 2 atom stereocenters. The van der Waals surface area contributed by atoms with E-state index in [0.29, 0.717) is 11.1 Å². The Bertz CT molecular complexity index is 2320. The van der Waals surface area contributed by atoms with Crippen LogP contribution in [0.25, 0.3) is 21.9 Å². The molecule has 2 amide bonds. The Morgan fingerprint density at radius 3 is 2.36 bits per heavy atom. The molecule has 6 rings (SSSR count). The van der Waals surface area contributed by atoms with E-state index in [1.54, 1.807) is 36.5 Å². The summed E-state index contributed by atoms with van der Waals surface area (Å²) in [5, 5.41) is 15.2. The number of amides is 2. The van der Waals surface area contributed by atoms with E-state index in [-0.39, 0.29) is 47.7 Å². The Labute approximate surface area is 300 Å². The molecule has 0 aliphatic heterocycles. The number of hydrogen-bond donors (Lipinski definition) is 4. The van der Waals surface area contributed by atoms with Gasteiger partial charge in [-0.2, -0.15) is 0 Å². The number of carboxylic acid groups (broad SMARTS) is 1. The van der Waals surface area contributed by atoms with Crippen LogP contribution in [0.5, 0.6) is 17.2 Å². The normalized spacial score (nSPS) is 12.1. The van der Waals surface area contributed by atoms with Crippen molar-refractivity contribution in [2.45, 2.75) is 38.0 Å². The van der Waals surface area contributed by atoms with E-state index < -0.39 is 53.7 Å². The monoisotopic (exact) mass is 721 g/mol. The molecule has 2 heterocycles. The average molecular weight is 722 g/mol. The number of ether oxygens (including phenoxy) is 3. The molecule has 4 N–H and O–H groups in total. The number of nitrogens with one attached hydrogen (secondary N) is 3. The number of fused-ring (bicyclic) bond motifs is 2. The lowest BCUT2D eigenvalue weighted by Crippen LogP contribution is -2.53. The molecule has 4 aromatic carbocycles. The van der Waals surface area contributed by atoms with Crippen LogP contribution in [-0.2, 0) is 32.1 Å². The van der Waals surface area contributed by atoms with Crippen LogP contribution in [0.15, 0.2) is 119 Å². The SMILES string of the molecule is O=C(O)CC[C@@H](NC(=O)OCc1ccccc1)C(=O)N[C@H](Cc1c[nH]c2ccccc12)C(=O)Oc1ccc2c(=O)c(Oc3ccc(F)cc3)coc2c1. The molecule has 0 spiro atoms. The number of aromatic nitrogens is 1. The molecule has 0 saturated heterocycles. The number of aromatic amines is 1. The summed E-state index contributed by atoms with van der Waals surface area (Å²) in [7, 11) is 0. The van der Waals surface area contributed by atoms with Gasteiger partial charge in [0.05, 0.1) is 5.39 Å². The van der Waals surface area contributed by atoms with Gasteiger partial charge in [-0.05, 0) is 60.0 Å². The first-order valence-electron chi connectivity index (χ1n) is 16.4. The Hall–Kier alpha value is -6.96. The molecule has 2 aromatic heterocycles. The number of aliphatic carboxylic acids is 1. The van der Waals surface area contributed by atoms with Crippen LogP contribution in [0.2, 0.25) is 0 Å². The lowest BCUT2D eigenvalue weighted by Gasteiger charge is -2.22. The lowest BCUT2D eigenvalue weighted by atomic mass is 10.0. The number of carbonyl (C=O) groups excluding carboxylic acids is 3. The maximum atomic E-state index is 13.8. The molecule has 0 bridgehead atoms. The molecule has 0 saturated carbocycles. The third kappa shape index (κ3) is 9.24. The van der Waals surface area contributed by atoms with Gasteiger partial charge in [0.1, 0.15) is 47.9 Å².